The molecule has 75 heavy (non-hydrogen) atoms. The highest BCUT2D eigenvalue weighted by Crippen LogP contribution is 2.32. The maximum atomic E-state index is 14.0. The summed E-state index contributed by atoms with van der Waals surface area (Å²) < 4.78 is 114. The van der Waals surface area contributed by atoms with Crippen LogP contribution in [0.4, 0.5) is 81.4 Å². The zero-order chi connectivity index (χ0) is 52.1. The number of nitrogen functional groups attached to an aromatic ring is 1. The Kier molecular flexibility index (Phi) is 23.8. The Morgan fingerprint density at radius 2 is 1.05 bits per heavy atom. The van der Waals surface area contributed by atoms with Crippen LogP contribution in [0, 0.1) is 11.6 Å². The summed E-state index contributed by atoms with van der Waals surface area (Å²) in [5.41, 5.74) is 5.77. The van der Waals surface area contributed by atoms with Gasteiger partial charge in [-0.1, -0.05) is 27.0 Å². The molecule has 2 aromatic carbocycles. The first kappa shape index (κ1) is 59.8. The summed E-state index contributed by atoms with van der Waals surface area (Å²) in [6.45, 7) is 9.06. The van der Waals surface area contributed by atoms with Gasteiger partial charge in [-0.25, -0.2) is 30.0 Å². The average molecular weight is 1060 g/mol. The predicted molar refractivity (Wildman–Crippen MR) is 271 cm³/mol. The van der Waals surface area contributed by atoms with Crippen molar-refractivity contribution in [1.29, 1.82) is 0 Å². The molecular formula is C48H58F8N16O3. The van der Waals surface area contributed by atoms with Crippen molar-refractivity contribution in [3.05, 3.63) is 132 Å². The summed E-state index contributed by atoms with van der Waals surface area (Å²) in [6.07, 6.45) is -1.82. The lowest BCUT2D eigenvalue weighted by Gasteiger charge is -2.26. The van der Waals surface area contributed by atoms with Crippen LogP contribution in [-0.2, 0) is 21.8 Å². The van der Waals surface area contributed by atoms with E-state index in [9.17, 15) is 39.9 Å². The second-order valence-electron chi connectivity index (χ2n) is 15.5. The summed E-state index contributed by atoms with van der Waals surface area (Å²) in [6, 6.07) is 16.1. The smallest absolute Gasteiger partial charge is 0.379 e. The van der Waals surface area contributed by atoms with E-state index < -0.39 is 35.1 Å². The van der Waals surface area contributed by atoms with Gasteiger partial charge in [-0.05, 0) is 60.7 Å². The normalized spacial score (nSPS) is 13.8. The van der Waals surface area contributed by atoms with Crippen molar-refractivity contribution in [3.63, 3.8) is 0 Å². The predicted octanol–water partition coefficient (Wildman–Crippen LogP) is 8.54. The van der Waals surface area contributed by atoms with Crippen LogP contribution in [0.15, 0.2) is 103 Å². The minimum absolute atomic E-state index is 0. The van der Waals surface area contributed by atoms with Gasteiger partial charge in [0.2, 0.25) is 11.9 Å². The number of carbonyl (C=O) groups excluding carboxylic acids is 1. The van der Waals surface area contributed by atoms with Gasteiger partial charge in [0.15, 0.2) is 29.6 Å². The maximum absolute atomic E-state index is 14.0. The topological polar surface area (TPSA) is 230 Å². The van der Waals surface area contributed by atoms with Crippen LogP contribution in [0.5, 0.6) is 0 Å². The average Bonchev–Trinajstić information content (AvgIpc) is 3.39. The number of halogens is 8. The Morgan fingerprint density at radius 1 is 0.600 bits per heavy atom. The number of nitrogens with two attached hydrogens (primary N) is 1. The minimum atomic E-state index is -4.42. The van der Waals surface area contributed by atoms with Gasteiger partial charge >= 0.3 is 12.4 Å². The first-order valence-corrected chi connectivity index (χ1v) is 22.3. The van der Waals surface area contributed by atoms with Crippen molar-refractivity contribution >= 4 is 58.8 Å². The number of hydrogen-bond donors (Lipinski definition) is 7. The van der Waals surface area contributed by atoms with Gasteiger partial charge in [0.05, 0.1) is 85.6 Å². The van der Waals surface area contributed by atoms with Crippen LogP contribution in [0.25, 0.3) is 0 Å². The van der Waals surface area contributed by atoms with E-state index in [0.717, 1.165) is 89.1 Å². The Balaban J connectivity index is 0.000000264. The summed E-state index contributed by atoms with van der Waals surface area (Å²) in [7, 11) is 0. The molecule has 2 saturated heterocycles. The molecule has 0 unspecified atom stereocenters. The fourth-order valence-electron chi connectivity index (χ4n) is 6.56. The van der Waals surface area contributed by atoms with Crippen molar-refractivity contribution in [2.75, 3.05) is 111 Å². The molecule has 2 aliphatic rings. The second-order valence-corrected chi connectivity index (χ2v) is 15.5. The number of nitrogens with one attached hydrogen (secondary N) is 6. The molecule has 6 heterocycles. The molecule has 8 rings (SSSR count). The molecule has 8 N–H and O–H groups in total. The van der Waals surface area contributed by atoms with Gasteiger partial charge in [-0.3, -0.25) is 30.0 Å². The number of hydrazine groups is 1. The van der Waals surface area contributed by atoms with Crippen LogP contribution in [0.2, 0.25) is 0 Å². The van der Waals surface area contributed by atoms with Crippen molar-refractivity contribution in [1.82, 2.24) is 39.7 Å². The highest BCUT2D eigenvalue weighted by molar-refractivity contribution is 5.78. The zero-order valence-electron chi connectivity index (χ0n) is 38.7. The Bertz CT molecular complexity index is 2680. The number of aromatic nitrogens is 6. The van der Waals surface area contributed by atoms with Crippen LogP contribution in [0.1, 0.15) is 42.2 Å². The van der Waals surface area contributed by atoms with E-state index in [1.165, 1.54) is 48.9 Å². The van der Waals surface area contributed by atoms with Gasteiger partial charge < -0.3 is 30.7 Å². The number of morpholine rings is 2. The maximum Gasteiger partial charge on any atom is 0.416 e. The number of nitrogens with zero attached hydrogens (tertiary/aromatic N) is 9. The summed E-state index contributed by atoms with van der Waals surface area (Å²) >= 11 is 0. The molecular weight excluding hydrogens is 1000 g/mol. The number of ether oxygens (including phenoxy) is 2. The number of hydrazone groups is 1. The van der Waals surface area contributed by atoms with Crippen molar-refractivity contribution in [2.45, 2.75) is 27.2 Å². The lowest BCUT2D eigenvalue weighted by molar-refractivity contribution is -0.138. The molecule has 0 amide bonds. The van der Waals surface area contributed by atoms with E-state index in [4.69, 9.17) is 15.3 Å². The van der Waals surface area contributed by atoms with Gasteiger partial charge in [-0.2, -0.15) is 41.4 Å². The third kappa shape index (κ3) is 20.3. The molecule has 0 spiro atoms. The molecule has 19 nitrogen and oxygen atoms in total. The van der Waals surface area contributed by atoms with E-state index in [0.29, 0.717) is 55.3 Å². The van der Waals surface area contributed by atoms with Crippen LogP contribution in [-0.4, -0.2) is 131 Å². The lowest BCUT2D eigenvalue weighted by atomic mass is 10.2. The molecule has 0 saturated carbocycles. The third-order valence-electron chi connectivity index (χ3n) is 10.3. The van der Waals surface area contributed by atoms with Crippen LogP contribution >= 0.6 is 0 Å². The van der Waals surface area contributed by atoms with E-state index in [1.54, 1.807) is 18.2 Å². The van der Waals surface area contributed by atoms with Crippen molar-refractivity contribution < 1.29 is 49.4 Å². The standard InChI is InChI=1S/C23H24F4N8O.C13H9F3N2O.C10H17FN6O.2CH4/c24-20-15-30-22(33-21(20)28-6-7-35-8-10-36-11-9-35)34-31-14-18-4-5-19(13-29-18)32-17-3-1-2-16(12-17)23(25,26)27;14-13(15,16)9-2-1-3-10(6-9)18-11-4-5-12(8-19)17-7-11;11-8-7-14-10(16-12)15-9(8)13-1-2-17-3-5-18-6-4-17;;/h1-5,12-15,32H,6-11H2,(H2,28,30,33,34);1-8,18H;7H,1-6,12H2,(H2,13,14,15,16);2*1H4/b31-14+;;;;. The first-order chi connectivity index (χ1) is 35.1. The van der Waals surface area contributed by atoms with E-state index in [2.05, 4.69) is 76.9 Å². The Morgan fingerprint density at radius 3 is 1.48 bits per heavy atom. The highest BCUT2D eigenvalue weighted by Gasteiger charge is 2.31. The first-order valence-electron chi connectivity index (χ1n) is 22.3. The summed E-state index contributed by atoms with van der Waals surface area (Å²) in [5.74, 6) is 4.62. The Hall–Kier alpha value is -7.72. The molecule has 27 heteroatoms. The largest absolute Gasteiger partial charge is 0.416 e. The minimum Gasteiger partial charge on any atom is -0.379 e. The monoisotopic (exact) mass is 1060 g/mol. The number of alkyl halides is 6. The van der Waals surface area contributed by atoms with E-state index in [-0.39, 0.29) is 49.8 Å². The van der Waals surface area contributed by atoms with Gasteiger partial charge in [0.25, 0.3) is 0 Å². The third-order valence-corrected chi connectivity index (χ3v) is 10.3. The highest BCUT2D eigenvalue weighted by atomic mass is 19.4. The van der Waals surface area contributed by atoms with E-state index >= 15 is 0 Å². The number of aldehydes is 1. The molecule has 404 valence electrons. The van der Waals surface area contributed by atoms with Crippen molar-refractivity contribution in [2.24, 2.45) is 10.9 Å². The molecule has 2 fully saturated rings. The molecule has 0 aliphatic carbocycles. The fraction of sp³-hybridized carbons (Fsp3) is 0.333. The van der Waals surface area contributed by atoms with E-state index in [1.807, 2.05) is 0 Å². The number of hydrogen-bond acceptors (Lipinski definition) is 19. The zero-order valence-corrected chi connectivity index (χ0v) is 38.7. The lowest BCUT2D eigenvalue weighted by Crippen LogP contribution is -2.39. The molecule has 6 aromatic rings. The second kappa shape index (κ2) is 29.8. The number of pyridine rings is 2. The molecule has 2 aliphatic heterocycles. The summed E-state index contributed by atoms with van der Waals surface area (Å²) in [5, 5.41) is 15.6. The number of benzene rings is 2. The van der Waals surface area contributed by atoms with Gasteiger partial charge in [0, 0.05) is 63.7 Å². The van der Waals surface area contributed by atoms with Crippen molar-refractivity contribution in [3.8, 4) is 0 Å². The Labute approximate surface area is 427 Å². The summed E-state index contributed by atoms with van der Waals surface area (Å²) in [4.78, 5) is 38.4. The molecule has 4 aromatic heterocycles. The number of carbonyl (C=O) groups is 1. The van der Waals surface area contributed by atoms with Gasteiger partial charge in [0.1, 0.15) is 5.69 Å². The SMILES string of the molecule is C.C.Fc1cnc(N/N=C/c2ccc(Nc3cccc(C(F)(F)F)c3)cn2)nc1NCCN1CCOCC1.NNc1ncc(F)c(NCCN2CCOCC2)n1.O=Cc1ccc(Nc2cccc(C(F)(F)F)c2)cn1. The quantitative estimate of drug-likeness (QED) is 0.0149. The fourth-order valence-corrected chi connectivity index (χ4v) is 6.56. The number of rotatable bonds is 17. The van der Waals surface area contributed by atoms with Crippen LogP contribution in [0.3, 0.4) is 0 Å². The molecule has 0 bridgehead atoms. The molecule has 0 atom stereocenters. The van der Waals surface area contributed by atoms with Crippen LogP contribution < -0.4 is 38.0 Å². The van der Waals surface area contributed by atoms with Gasteiger partial charge in [-0.15, -0.1) is 0 Å². The number of anilines is 8. The molecule has 0 radical (unpaired) electrons.